The van der Waals surface area contributed by atoms with Crippen molar-refractivity contribution >= 4 is 23.4 Å². The molecule has 2 aromatic rings. The van der Waals surface area contributed by atoms with Gasteiger partial charge in [0.2, 0.25) is 5.91 Å². The number of aryl methyl sites for hydroxylation is 1. The van der Waals surface area contributed by atoms with Crippen LogP contribution in [-0.2, 0) is 24.4 Å². The van der Waals surface area contributed by atoms with Crippen molar-refractivity contribution in [3.05, 3.63) is 41.7 Å². The number of anilines is 1. The van der Waals surface area contributed by atoms with Gasteiger partial charge in [-0.15, -0.1) is 11.8 Å². The number of fused-ring (bicyclic) bond motifs is 1. The molecule has 0 aliphatic carbocycles. The lowest BCUT2D eigenvalue weighted by atomic mass is 10.1. The smallest absolute Gasteiger partial charge is 0.310 e. The molecule has 4 nitrogen and oxygen atoms in total. The Balaban J connectivity index is 1.89. The van der Waals surface area contributed by atoms with Gasteiger partial charge in [-0.2, -0.15) is 18.3 Å². The standard InChI is InChI=1S/C15H14F3N3OS/c1-20-9-10(8-19-20)6-14(22)21-4-5-23-13-3-2-11(7-12(13)21)15(16,17)18/h2-3,7-9H,4-6H2,1H3. The second-order valence-electron chi connectivity index (χ2n) is 5.27. The van der Waals surface area contributed by atoms with Crippen molar-refractivity contribution in [3.63, 3.8) is 0 Å². The predicted octanol–water partition coefficient (Wildman–Crippen LogP) is 3.12. The van der Waals surface area contributed by atoms with E-state index in [-0.39, 0.29) is 12.3 Å². The normalized spacial score (nSPS) is 14.7. The Kier molecular flexibility index (Phi) is 4.09. The van der Waals surface area contributed by atoms with Gasteiger partial charge >= 0.3 is 6.18 Å². The Hall–Kier alpha value is -1.96. The lowest BCUT2D eigenvalue weighted by molar-refractivity contribution is -0.137. The molecular formula is C15H14F3N3OS. The molecule has 0 bridgehead atoms. The van der Waals surface area contributed by atoms with Gasteiger partial charge < -0.3 is 4.90 Å². The number of hydrogen-bond donors (Lipinski definition) is 0. The molecule has 3 rings (SSSR count). The topological polar surface area (TPSA) is 38.1 Å². The number of aromatic nitrogens is 2. The maximum atomic E-state index is 12.9. The molecule has 0 fully saturated rings. The van der Waals surface area contributed by atoms with Crippen LogP contribution in [0.2, 0.25) is 0 Å². The lowest BCUT2D eigenvalue weighted by Gasteiger charge is -2.29. The Bertz CT molecular complexity index is 742. The van der Waals surface area contributed by atoms with Gasteiger partial charge in [-0.1, -0.05) is 0 Å². The Labute approximate surface area is 135 Å². The largest absolute Gasteiger partial charge is 0.416 e. The van der Waals surface area contributed by atoms with Crippen LogP contribution >= 0.6 is 11.8 Å². The first-order valence-electron chi connectivity index (χ1n) is 6.96. The number of halogens is 3. The summed E-state index contributed by atoms with van der Waals surface area (Å²) in [6.07, 6.45) is -0.989. The minimum absolute atomic E-state index is 0.119. The van der Waals surface area contributed by atoms with Crippen molar-refractivity contribution in [2.45, 2.75) is 17.5 Å². The summed E-state index contributed by atoms with van der Waals surface area (Å²) in [6.45, 7) is 0.401. The SMILES string of the molecule is Cn1cc(CC(=O)N2CCSc3ccc(C(F)(F)F)cc32)cn1. The van der Waals surface area contributed by atoms with Gasteiger partial charge in [-0.3, -0.25) is 9.48 Å². The highest BCUT2D eigenvalue weighted by Crippen LogP contribution is 2.39. The van der Waals surface area contributed by atoms with Gasteiger partial charge in [0.15, 0.2) is 0 Å². The number of rotatable bonds is 2. The molecule has 1 aliphatic heterocycles. The van der Waals surface area contributed by atoms with E-state index < -0.39 is 11.7 Å². The number of amides is 1. The fraction of sp³-hybridized carbons (Fsp3) is 0.333. The molecule has 2 heterocycles. The van der Waals surface area contributed by atoms with E-state index in [1.807, 2.05) is 0 Å². The fourth-order valence-corrected chi connectivity index (χ4v) is 3.46. The summed E-state index contributed by atoms with van der Waals surface area (Å²) in [5.41, 5.74) is 0.340. The van der Waals surface area contributed by atoms with Crippen LogP contribution in [0.25, 0.3) is 0 Å². The molecule has 0 spiro atoms. The quantitative estimate of drug-likeness (QED) is 0.842. The zero-order valence-electron chi connectivity index (χ0n) is 12.3. The van der Waals surface area contributed by atoms with E-state index in [9.17, 15) is 18.0 Å². The van der Waals surface area contributed by atoms with Gasteiger partial charge in [0, 0.05) is 30.4 Å². The van der Waals surface area contributed by atoms with E-state index in [1.165, 1.54) is 22.7 Å². The molecule has 0 unspecified atom stereocenters. The first-order valence-corrected chi connectivity index (χ1v) is 7.95. The minimum Gasteiger partial charge on any atom is -0.310 e. The third-order valence-corrected chi connectivity index (χ3v) is 4.61. The summed E-state index contributed by atoms with van der Waals surface area (Å²) < 4.78 is 40.3. The molecule has 1 aromatic carbocycles. The number of alkyl halides is 3. The average Bonchev–Trinajstić information content (AvgIpc) is 2.90. The van der Waals surface area contributed by atoms with Crippen LogP contribution in [0.1, 0.15) is 11.1 Å². The third kappa shape index (κ3) is 3.36. The van der Waals surface area contributed by atoms with E-state index in [4.69, 9.17) is 0 Å². The molecule has 0 N–H and O–H groups in total. The van der Waals surface area contributed by atoms with Crippen LogP contribution in [0.5, 0.6) is 0 Å². The van der Waals surface area contributed by atoms with E-state index in [2.05, 4.69) is 5.10 Å². The zero-order valence-corrected chi connectivity index (χ0v) is 13.1. The molecule has 0 saturated heterocycles. The highest BCUT2D eigenvalue weighted by atomic mass is 32.2. The van der Waals surface area contributed by atoms with E-state index in [1.54, 1.807) is 24.1 Å². The third-order valence-electron chi connectivity index (χ3n) is 3.56. The highest BCUT2D eigenvalue weighted by Gasteiger charge is 2.33. The summed E-state index contributed by atoms with van der Waals surface area (Å²) in [7, 11) is 1.75. The number of carbonyl (C=O) groups excluding carboxylic acids is 1. The van der Waals surface area contributed by atoms with Crippen molar-refractivity contribution < 1.29 is 18.0 Å². The van der Waals surface area contributed by atoms with Gasteiger partial charge in [0.1, 0.15) is 0 Å². The van der Waals surface area contributed by atoms with Gasteiger partial charge in [-0.25, -0.2) is 0 Å². The van der Waals surface area contributed by atoms with E-state index >= 15 is 0 Å². The lowest BCUT2D eigenvalue weighted by Crippen LogP contribution is -2.36. The van der Waals surface area contributed by atoms with Gasteiger partial charge in [0.25, 0.3) is 0 Å². The van der Waals surface area contributed by atoms with Crippen molar-refractivity contribution in [2.75, 3.05) is 17.2 Å². The summed E-state index contributed by atoms with van der Waals surface area (Å²) in [4.78, 5) is 14.6. The van der Waals surface area contributed by atoms with Crippen molar-refractivity contribution in [2.24, 2.45) is 7.05 Å². The number of nitrogens with zero attached hydrogens (tertiary/aromatic N) is 3. The van der Waals surface area contributed by atoms with E-state index in [0.717, 1.165) is 17.7 Å². The molecule has 1 amide bonds. The van der Waals surface area contributed by atoms with Gasteiger partial charge in [-0.05, 0) is 23.8 Å². The molecule has 1 aliphatic rings. The maximum absolute atomic E-state index is 12.9. The summed E-state index contributed by atoms with van der Waals surface area (Å²) in [6, 6.07) is 3.55. The molecule has 0 radical (unpaired) electrons. The Morgan fingerprint density at radius 3 is 2.83 bits per heavy atom. The molecule has 0 saturated carbocycles. The number of thioether (sulfide) groups is 1. The molecule has 0 atom stereocenters. The first kappa shape index (κ1) is 15.9. The van der Waals surface area contributed by atoms with Crippen molar-refractivity contribution in [1.29, 1.82) is 0 Å². The van der Waals surface area contributed by atoms with Crippen molar-refractivity contribution in [1.82, 2.24) is 9.78 Å². The van der Waals surface area contributed by atoms with Crippen LogP contribution in [0.3, 0.4) is 0 Å². The van der Waals surface area contributed by atoms with E-state index in [0.29, 0.717) is 22.9 Å². The molecule has 1 aromatic heterocycles. The Morgan fingerprint density at radius 2 is 2.17 bits per heavy atom. The van der Waals surface area contributed by atoms with Crippen LogP contribution in [0.15, 0.2) is 35.5 Å². The monoisotopic (exact) mass is 341 g/mol. The van der Waals surface area contributed by atoms with Crippen LogP contribution < -0.4 is 4.90 Å². The summed E-state index contributed by atoms with van der Waals surface area (Å²) in [5, 5.41) is 4.00. The van der Waals surface area contributed by atoms with Crippen molar-refractivity contribution in [3.8, 4) is 0 Å². The molecule has 122 valence electrons. The minimum atomic E-state index is -4.42. The number of carbonyl (C=O) groups is 1. The average molecular weight is 341 g/mol. The predicted molar refractivity (Wildman–Crippen MR) is 81.4 cm³/mol. The fourth-order valence-electron chi connectivity index (χ4n) is 2.49. The molecular weight excluding hydrogens is 327 g/mol. The second-order valence-corrected chi connectivity index (χ2v) is 6.41. The van der Waals surface area contributed by atoms with Crippen LogP contribution in [0.4, 0.5) is 18.9 Å². The summed E-state index contributed by atoms with van der Waals surface area (Å²) >= 11 is 1.46. The van der Waals surface area contributed by atoms with Crippen LogP contribution in [-0.4, -0.2) is 28.0 Å². The molecule has 23 heavy (non-hydrogen) atoms. The highest BCUT2D eigenvalue weighted by molar-refractivity contribution is 7.99. The first-order chi connectivity index (χ1) is 10.8. The molecule has 8 heteroatoms. The number of hydrogen-bond acceptors (Lipinski definition) is 3. The zero-order chi connectivity index (χ0) is 16.6. The van der Waals surface area contributed by atoms with Crippen LogP contribution in [0, 0.1) is 0 Å². The second kappa shape index (κ2) is 5.92. The number of benzene rings is 1. The maximum Gasteiger partial charge on any atom is 0.416 e. The Morgan fingerprint density at radius 1 is 1.39 bits per heavy atom. The van der Waals surface area contributed by atoms with Gasteiger partial charge in [0.05, 0.1) is 23.9 Å². The summed E-state index contributed by atoms with van der Waals surface area (Å²) in [5.74, 6) is 0.441.